The molecule has 27 heavy (non-hydrogen) atoms. The SMILES string of the molecule is COc1ccccc1CCCCCOCCCCCc1ccccc1OC. The molecule has 2 aromatic carbocycles. The number of benzene rings is 2. The molecule has 0 saturated heterocycles. The van der Waals surface area contributed by atoms with Crippen LogP contribution in [-0.4, -0.2) is 27.4 Å². The van der Waals surface area contributed by atoms with Crippen molar-refractivity contribution in [2.24, 2.45) is 0 Å². The van der Waals surface area contributed by atoms with Crippen LogP contribution in [0.5, 0.6) is 11.5 Å². The summed E-state index contributed by atoms with van der Waals surface area (Å²) in [5, 5.41) is 0. The van der Waals surface area contributed by atoms with E-state index in [1.54, 1.807) is 14.2 Å². The predicted molar refractivity (Wildman–Crippen MR) is 112 cm³/mol. The molecule has 148 valence electrons. The van der Waals surface area contributed by atoms with Crippen LogP contribution < -0.4 is 9.47 Å². The molecule has 0 bridgehead atoms. The monoisotopic (exact) mass is 370 g/mol. The maximum absolute atomic E-state index is 5.78. The van der Waals surface area contributed by atoms with E-state index in [0.717, 1.165) is 50.4 Å². The molecule has 3 nitrogen and oxygen atoms in total. The van der Waals surface area contributed by atoms with E-state index in [-0.39, 0.29) is 0 Å². The van der Waals surface area contributed by atoms with Gasteiger partial charge in [0.05, 0.1) is 14.2 Å². The van der Waals surface area contributed by atoms with Crippen LogP contribution in [0.15, 0.2) is 48.5 Å². The van der Waals surface area contributed by atoms with E-state index in [0.29, 0.717) is 0 Å². The molecule has 2 aromatic rings. The van der Waals surface area contributed by atoms with Gasteiger partial charge in [-0.15, -0.1) is 0 Å². The highest BCUT2D eigenvalue weighted by atomic mass is 16.5. The summed E-state index contributed by atoms with van der Waals surface area (Å²) in [6.45, 7) is 1.75. The summed E-state index contributed by atoms with van der Waals surface area (Å²) in [6.07, 6.45) is 9.19. The number of aryl methyl sites for hydroxylation is 2. The Balaban J connectivity index is 1.44. The van der Waals surface area contributed by atoms with E-state index in [1.165, 1.54) is 36.8 Å². The molecule has 0 aliphatic carbocycles. The quantitative estimate of drug-likeness (QED) is 0.391. The molecular formula is C24H34O3. The molecule has 2 rings (SSSR count). The van der Waals surface area contributed by atoms with E-state index in [9.17, 15) is 0 Å². The second-order valence-corrected chi connectivity index (χ2v) is 6.86. The minimum absolute atomic E-state index is 0.873. The largest absolute Gasteiger partial charge is 0.496 e. The van der Waals surface area contributed by atoms with Crippen molar-refractivity contribution in [1.82, 2.24) is 0 Å². The van der Waals surface area contributed by atoms with Gasteiger partial charge in [-0.05, 0) is 61.8 Å². The second-order valence-electron chi connectivity index (χ2n) is 6.86. The first-order valence-electron chi connectivity index (χ1n) is 10.2. The Morgan fingerprint density at radius 3 is 1.44 bits per heavy atom. The third-order valence-electron chi connectivity index (χ3n) is 4.85. The first-order valence-corrected chi connectivity index (χ1v) is 10.2. The van der Waals surface area contributed by atoms with Gasteiger partial charge >= 0.3 is 0 Å². The summed E-state index contributed by atoms with van der Waals surface area (Å²) >= 11 is 0. The highest BCUT2D eigenvalue weighted by molar-refractivity contribution is 5.33. The lowest BCUT2D eigenvalue weighted by molar-refractivity contribution is 0.126. The van der Waals surface area contributed by atoms with E-state index in [4.69, 9.17) is 14.2 Å². The second kappa shape index (κ2) is 13.2. The minimum Gasteiger partial charge on any atom is -0.496 e. The molecule has 3 heteroatoms. The van der Waals surface area contributed by atoms with Crippen molar-refractivity contribution in [3.8, 4) is 11.5 Å². The molecule has 0 fully saturated rings. The molecule has 0 atom stereocenters. The molecular weight excluding hydrogens is 336 g/mol. The predicted octanol–water partition coefficient (Wildman–Crippen LogP) is 5.85. The van der Waals surface area contributed by atoms with Gasteiger partial charge in [-0.25, -0.2) is 0 Å². The number of para-hydroxylation sites is 2. The fourth-order valence-electron chi connectivity index (χ4n) is 3.31. The van der Waals surface area contributed by atoms with E-state index in [2.05, 4.69) is 24.3 Å². The highest BCUT2D eigenvalue weighted by Gasteiger charge is 2.02. The van der Waals surface area contributed by atoms with E-state index in [1.807, 2.05) is 24.3 Å². The first-order chi connectivity index (χ1) is 13.3. The van der Waals surface area contributed by atoms with Crippen molar-refractivity contribution < 1.29 is 14.2 Å². The average molecular weight is 371 g/mol. The van der Waals surface area contributed by atoms with Gasteiger partial charge in [-0.2, -0.15) is 0 Å². The van der Waals surface area contributed by atoms with E-state index >= 15 is 0 Å². The number of rotatable bonds is 14. The Morgan fingerprint density at radius 1 is 0.556 bits per heavy atom. The summed E-state index contributed by atoms with van der Waals surface area (Å²) in [6, 6.07) is 16.6. The fourth-order valence-corrected chi connectivity index (χ4v) is 3.31. The van der Waals surface area contributed by atoms with Gasteiger partial charge in [0.15, 0.2) is 0 Å². The standard InChI is InChI=1S/C24H34O3/c1-25-23-17-9-7-15-21(23)13-5-3-11-19-27-20-12-4-6-14-22-16-8-10-18-24(22)26-2/h7-10,15-18H,3-6,11-14,19-20H2,1-2H3. The zero-order chi connectivity index (χ0) is 19.2. The molecule has 0 spiro atoms. The van der Waals surface area contributed by atoms with Crippen LogP contribution in [0.2, 0.25) is 0 Å². The summed E-state index contributed by atoms with van der Waals surface area (Å²) in [5.74, 6) is 2.00. The van der Waals surface area contributed by atoms with Crippen LogP contribution >= 0.6 is 0 Å². The molecule has 0 unspecified atom stereocenters. The van der Waals surface area contributed by atoms with Gasteiger partial charge in [-0.3, -0.25) is 0 Å². The van der Waals surface area contributed by atoms with Gasteiger partial charge in [0, 0.05) is 13.2 Å². The lowest BCUT2D eigenvalue weighted by atomic mass is 10.1. The molecule has 0 amide bonds. The average Bonchev–Trinajstić information content (AvgIpc) is 2.72. The first kappa shape index (κ1) is 21.3. The van der Waals surface area contributed by atoms with Crippen molar-refractivity contribution >= 4 is 0 Å². The number of hydrogen-bond donors (Lipinski definition) is 0. The summed E-state index contributed by atoms with van der Waals surface area (Å²) in [4.78, 5) is 0. The van der Waals surface area contributed by atoms with Crippen molar-refractivity contribution in [2.45, 2.75) is 51.4 Å². The summed E-state index contributed by atoms with van der Waals surface area (Å²) in [7, 11) is 3.48. The number of ether oxygens (including phenoxy) is 3. The maximum atomic E-state index is 5.78. The van der Waals surface area contributed by atoms with Gasteiger partial charge < -0.3 is 14.2 Å². The molecule has 0 radical (unpaired) electrons. The Labute approximate surface area is 164 Å². The molecule has 0 N–H and O–H groups in total. The lowest BCUT2D eigenvalue weighted by Crippen LogP contribution is -1.99. The van der Waals surface area contributed by atoms with Gasteiger partial charge in [0.25, 0.3) is 0 Å². The van der Waals surface area contributed by atoms with Crippen LogP contribution in [0, 0.1) is 0 Å². The summed E-state index contributed by atoms with van der Waals surface area (Å²) in [5.41, 5.74) is 2.60. The minimum atomic E-state index is 0.873. The third-order valence-corrected chi connectivity index (χ3v) is 4.85. The Hall–Kier alpha value is -2.00. The topological polar surface area (TPSA) is 27.7 Å². The normalized spacial score (nSPS) is 10.7. The van der Waals surface area contributed by atoms with Crippen molar-refractivity contribution in [2.75, 3.05) is 27.4 Å². The number of methoxy groups -OCH3 is 2. The Bertz CT molecular complexity index is 584. The third kappa shape index (κ3) is 8.04. The highest BCUT2D eigenvalue weighted by Crippen LogP contribution is 2.20. The maximum Gasteiger partial charge on any atom is 0.122 e. The summed E-state index contributed by atoms with van der Waals surface area (Å²) < 4.78 is 16.6. The number of unbranched alkanes of at least 4 members (excludes halogenated alkanes) is 4. The van der Waals surface area contributed by atoms with Crippen LogP contribution in [0.25, 0.3) is 0 Å². The lowest BCUT2D eigenvalue weighted by Gasteiger charge is -2.09. The zero-order valence-corrected chi connectivity index (χ0v) is 16.9. The van der Waals surface area contributed by atoms with Crippen LogP contribution in [0.1, 0.15) is 49.7 Å². The molecule has 0 saturated carbocycles. The molecule has 0 aliphatic rings. The van der Waals surface area contributed by atoms with Crippen molar-refractivity contribution in [3.63, 3.8) is 0 Å². The van der Waals surface area contributed by atoms with Crippen LogP contribution in [0.4, 0.5) is 0 Å². The van der Waals surface area contributed by atoms with Crippen molar-refractivity contribution in [3.05, 3.63) is 59.7 Å². The van der Waals surface area contributed by atoms with Gasteiger partial charge in [0.2, 0.25) is 0 Å². The molecule has 0 aromatic heterocycles. The van der Waals surface area contributed by atoms with E-state index < -0.39 is 0 Å². The van der Waals surface area contributed by atoms with Gasteiger partial charge in [0.1, 0.15) is 11.5 Å². The Kier molecular flexibility index (Phi) is 10.4. The molecule has 0 heterocycles. The smallest absolute Gasteiger partial charge is 0.122 e. The van der Waals surface area contributed by atoms with Crippen LogP contribution in [-0.2, 0) is 17.6 Å². The van der Waals surface area contributed by atoms with Crippen LogP contribution in [0.3, 0.4) is 0 Å². The van der Waals surface area contributed by atoms with Gasteiger partial charge in [-0.1, -0.05) is 49.2 Å². The fraction of sp³-hybridized carbons (Fsp3) is 0.500. The zero-order valence-electron chi connectivity index (χ0n) is 16.9. The Morgan fingerprint density at radius 2 is 1.00 bits per heavy atom. The number of hydrogen-bond acceptors (Lipinski definition) is 3. The molecule has 0 aliphatic heterocycles. The van der Waals surface area contributed by atoms with Crippen molar-refractivity contribution in [1.29, 1.82) is 0 Å².